The van der Waals surface area contributed by atoms with E-state index in [0.29, 0.717) is 30.5 Å². The first-order valence-corrected chi connectivity index (χ1v) is 11.2. The van der Waals surface area contributed by atoms with Gasteiger partial charge in [0.2, 0.25) is 0 Å². The molecule has 1 unspecified atom stereocenters. The number of Topliss-reactive ketones (excluding diaryl/α,β-unsaturated/α-hetero) is 2. The molecule has 28 heavy (non-hydrogen) atoms. The van der Waals surface area contributed by atoms with Gasteiger partial charge in [0.1, 0.15) is 12.4 Å². The maximum absolute atomic E-state index is 12.2. The van der Waals surface area contributed by atoms with Crippen molar-refractivity contribution < 1.29 is 14.7 Å². The molecular formula is C25H40O3. The van der Waals surface area contributed by atoms with Crippen LogP contribution in [-0.4, -0.2) is 23.3 Å². The summed E-state index contributed by atoms with van der Waals surface area (Å²) in [5.74, 6) is 1.30. The van der Waals surface area contributed by atoms with Crippen molar-refractivity contribution in [2.24, 2.45) is 17.8 Å². The summed E-state index contributed by atoms with van der Waals surface area (Å²) < 4.78 is 0. The Kier molecular flexibility index (Phi) is 13.5. The molecule has 1 aliphatic carbocycles. The minimum atomic E-state index is -0.361. The second-order valence-corrected chi connectivity index (χ2v) is 8.08. The van der Waals surface area contributed by atoms with Gasteiger partial charge in [0.25, 0.3) is 0 Å². The van der Waals surface area contributed by atoms with Crippen LogP contribution in [0.3, 0.4) is 0 Å². The van der Waals surface area contributed by atoms with Gasteiger partial charge in [-0.25, -0.2) is 0 Å². The maximum atomic E-state index is 12.2. The fourth-order valence-electron chi connectivity index (χ4n) is 3.92. The summed E-state index contributed by atoms with van der Waals surface area (Å²) in [4.78, 5) is 23.3. The summed E-state index contributed by atoms with van der Waals surface area (Å²) >= 11 is 0. The number of unbranched alkanes of at least 4 members (excludes halogenated alkanes) is 4. The van der Waals surface area contributed by atoms with Gasteiger partial charge in [-0.1, -0.05) is 63.0 Å². The van der Waals surface area contributed by atoms with Crippen LogP contribution >= 0.6 is 0 Å². The number of carbonyl (C=O) groups is 2. The highest BCUT2D eigenvalue weighted by Gasteiger charge is 2.31. The highest BCUT2D eigenvalue weighted by Crippen LogP contribution is 2.33. The first-order valence-electron chi connectivity index (χ1n) is 11.2. The van der Waals surface area contributed by atoms with Gasteiger partial charge in [-0.3, -0.25) is 9.59 Å². The minimum Gasteiger partial charge on any atom is -0.389 e. The van der Waals surface area contributed by atoms with E-state index in [1.165, 1.54) is 32.1 Å². The zero-order valence-corrected chi connectivity index (χ0v) is 17.8. The van der Waals surface area contributed by atoms with E-state index in [-0.39, 0.29) is 18.3 Å². The molecule has 0 aliphatic heterocycles. The molecular weight excluding hydrogens is 348 g/mol. The topological polar surface area (TPSA) is 54.4 Å². The molecule has 1 saturated carbocycles. The van der Waals surface area contributed by atoms with Crippen molar-refractivity contribution in [3.05, 3.63) is 37.0 Å². The van der Waals surface area contributed by atoms with Crippen LogP contribution in [0.25, 0.3) is 0 Å². The highest BCUT2D eigenvalue weighted by atomic mass is 16.3. The van der Waals surface area contributed by atoms with Gasteiger partial charge in [0.15, 0.2) is 5.78 Å². The molecule has 158 valence electrons. The van der Waals surface area contributed by atoms with Crippen LogP contribution in [0.4, 0.5) is 0 Å². The molecule has 0 aromatic heterocycles. The Morgan fingerprint density at radius 1 is 1.21 bits per heavy atom. The smallest absolute Gasteiger partial charge is 0.158 e. The van der Waals surface area contributed by atoms with Crippen LogP contribution in [0.2, 0.25) is 0 Å². The number of ketones is 2. The van der Waals surface area contributed by atoms with Gasteiger partial charge < -0.3 is 5.11 Å². The van der Waals surface area contributed by atoms with Gasteiger partial charge in [-0.2, -0.15) is 0 Å². The van der Waals surface area contributed by atoms with Crippen molar-refractivity contribution in [3.8, 4) is 0 Å². The Hall–Kier alpha value is -1.48. The number of carbonyl (C=O) groups excluding carboxylic acids is 2. The molecule has 0 aromatic rings. The Labute approximate surface area is 172 Å². The summed E-state index contributed by atoms with van der Waals surface area (Å²) in [5.41, 5.74) is 0. The van der Waals surface area contributed by atoms with E-state index in [1.807, 2.05) is 0 Å². The SMILES string of the molecule is C=CC(CC=C[C@H]1CCC(=O)[C@@H]1CC=CCCCC(=O)CO)CCCCCC. The lowest BCUT2D eigenvalue weighted by Crippen LogP contribution is -2.12. The molecule has 1 rings (SSSR count). The molecule has 1 fully saturated rings. The number of allylic oxidation sites excluding steroid dienone is 5. The predicted octanol–water partition coefficient (Wildman–Crippen LogP) is 5.98. The minimum absolute atomic E-state index is 0.104. The average molecular weight is 389 g/mol. The van der Waals surface area contributed by atoms with Crippen LogP contribution < -0.4 is 0 Å². The monoisotopic (exact) mass is 388 g/mol. The second kappa shape index (κ2) is 15.4. The zero-order chi connectivity index (χ0) is 20.6. The van der Waals surface area contributed by atoms with Crippen molar-refractivity contribution in [2.45, 2.75) is 84.0 Å². The van der Waals surface area contributed by atoms with Gasteiger partial charge >= 0.3 is 0 Å². The third-order valence-corrected chi connectivity index (χ3v) is 5.80. The molecule has 3 atom stereocenters. The number of aliphatic hydroxyl groups excluding tert-OH is 1. The normalized spacial score (nSPS) is 21.0. The Bertz CT molecular complexity index is 518. The lowest BCUT2D eigenvalue weighted by Gasteiger charge is -2.14. The van der Waals surface area contributed by atoms with Crippen molar-refractivity contribution >= 4 is 11.6 Å². The van der Waals surface area contributed by atoms with Crippen LogP contribution in [-0.2, 0) is 9.59 Å². The summed E-state index contributed by atoms with van der Waals surface area (Å²) in [5, 5.41) is 8.71. The number of hydrogen-bond acceptors (Lipinski definition) is 3. The molecule has 3 heteroatoms. The molecule has 0 spiro atoms. The average Bonchev–Trinajstić information content (AvgIpc) is 3.05. The lowest BCUT2D eigenvalue weighted by atomic mass is 9.90. The van der Waals surface area contributed by atoms with Crippen LogP contribution in [0.5, 0.6) is 0 Å². The van der Waals surface area contributed by atoms with Crippen molar-refractivity contribution in [1.82, 2.24) is 0 Å². The van der Waals surface area contributed by atoms with Crippen molar-refractivity contribution in [1.29, 1.82) is 0 Å². The molecule has 0 bridgehead atoms. The Balaban J connectivity index is 2.36. The molecule has 1 aliphatic rings. The van der Waals surface area contributed by atoms with E-state index in [1.54, 1.807) is 0 Å². The molecule has 3 nitrogen and oxygen atoms in total. The quantitative estimate of drug-likeness (QED) is 0.261. The molecule has 0 aromatic carbocycles. The summed E-state index contributed by atoms with van der Waals surface area (Å²) in [6, 6.07) is 0. The molecule has 0 saturated heterocycles. The fraction of sp³-hybridized carbons (Fsp3) is 0.680. The number of aliphatic hydroxyl groups is 1. The van der Waals surface area contributed by atoms with Gasteiger partial charge in [-0.05, 0) is 50.4 Å². The molecule has 0 radical (unpaired) electrons. The van der Waals surface area contributed by atoms with Gasteiger partial charge in [0, 0.05) is 18.8 Å². The van der Waals surface area contributed by atoms with E-state index < -0.39 is 0 Å². The first-order chi connectivity index (χ1) is 13.6. The van der Waals surface area contributed by atoms with Gasteiger partial charge in [-0.15, -0.1) is 6.58 Å². The standard InChI is InChI=1S/C25H40O3/c1-3-5-6-9-13-21(4-2)14-12-15-22-18-19-25(28)24(22)17-11-8-7-10-16-23(27)20-26/h4,8,11-12,15,21-22,24,26H,2-3,5-7,9-10,13-14,16-20H2,1H3/t21?,22-,24+/m0/s1. The van der Waals surface area contributed by atoms with E-state index in [0.717, 1.165) is 32.1 Å². The fourth-order valence-corrected chi connectivity index (χ4v) is 3.92. The first kappa shape index (κ1) is 24.6. The largest absolute Gasteiger partial charge is 0.389 e. The number of rotatable bonds is 16. The van der Waals surface area contributed by atoms with E-state index in [4.69, 9.17) is 5.11 Å². The van der Waals surface area contributed by atoms with Crippen LogP contribution in [0, 0.1) is 17.8 Å². The number of hydrogen-bond donors (Lipinski definition) is 1. The van der Waals surface area contributed by atoms with E-state index in [9.17, 15) is 9.59 Å². The third-order valence-electron chi connectivity index (χ3n) is 5.80. The highest BCUT2D eigenvalue weighted by molar-refractivity contribution is 5.83. The molecule has 0 heterocycles. The molecule has 0 amide bonds. The van der Waals surface area contributed by atoms with Gasteiger partial charge in [0.05, 0.1) is 0 Å². The molecule has 1 N–H and O–H groups in total. The third kappa shape index (κ3) is 10.2. The zero-order valence-electron chi connectivity index (χ0n) is 17.8. The van der Waals surface area contributed by atoms with E-state index >= 15 is 0 Å². The summed E-state index contributed by atoms with van der Waals surface area (Å²) in [6.45, 7) is 5.86. The predicted molar refractivity (Wildman–Crippen MR) is 117 cm³/mol. The summed E-state index contributed by atoms with van der Waals surface area (Å²) in [6.07, 6.45) is 22.7. The Morgan fingerprint density at radius 3 is 2.75 bits per heavy atom. The maximum Gasteiger partial charge on any atom is 0.158 e. The van der Waals surface area contributed by atoms with E-state index in [2.05, 4.69) is 43.9 Å². The van der Waals surface area contributed by atoms with Crippen molar-refractivity contribution in [3.63, 3.8) is 0 Å². The van der Waals surface area contributed by atoms with Crippen LogP contribution in [0.15, 0.2) is 37.0 Å². The second-order valence-electron chi connectivity index (χ2n) is 8.08. The van der Waals surface area contributed by atoms with Crippen molar-refractivity contribution in [2.75, 3.05) is 6.61 Å². The Morgan fingerprint density at radius 2 is 2.04 bits per heavy atom. The summed E-state index contributed by atoms with van der Waals surface area (Å²) in [7, 11) is 0. The van der Waals surface area contributed by atoms with Crippen LogP contribution in [0.1, 0.15) is 84.0 Å². The lowest BCUT2D eigenvalue weighted by molar-refractivity contribution is -0.122.